The maximum atomic E-state index is 9.49. The summed E-state index contributed by atoms with van der Waals surface area (Å²) in [5.41, 5.74) is 1.04. The molecule has 0 aromatic carbocycles. The van der Waals surface area contributed by atoms with Crippen molar-refractivity contribution in [2.24, 2.45) is 0 Å². The van der Waals surface area contributed by atoms with Crippen LogP contribution in [-0.2, 0) is 12.0 Å². The van der Waals surface area contributed by atoms with Gasteiger partial charge in [-0.1, -0.05) is 46.0 Å². The molecule has 0 amide bonds. The minimum absolute atomic E-state index is 0.00306. The van der Waals surface area contributed by atoms with E-state index >= 15 is 0 Å². The summed E-state index contributed by atoms with van der Waals surface area (Å²) in [6.45, 7) is 13.0. The molecule has 104 valence electrons. The van der Waals surface area contributed by atoms with Gasteiger partial charge in [0.15, 0.2) is 5.13 Å². The Morgan fingerprint density at radius 1 is 1.17 bits per heavy atom. The van der Waals surface area contributed by atoms with Crippen molar-refractivity contribution in [1.82, 2.24) is 4.98 Å². The third kappa shape index (κ3) is 3.69. The molecule has 0 radical (unpaired) electrons. The maximum Gasteiger partial charge on any atom is 0.185 e. The number of aromatic nitrogens is 1. The molecule has 1 N–H and O–H groups in total. The summed E-state index contributed by atoms with van der Waals surface area (Å²) in [5.74, 6) is 0. The molecule has 1 rings (SSSR count). The number of hydrogen-bond donors (Lipinski definition) is 1. The van der Waals surface area contributed by atoms with Crippen LogP contribution in [0.1, 0.15) is 58.0 Å². The molecular weight excluding hydrogens is 244 g/mol. The second kappa shape index (κ2) is 6.53. The van der Waals surface area contributed by atoms with E-state index in [4.69, 9.17) is 4.98 Å². The van der Waals surface area contributed by atoms with Gasteiger partial charge in [0.2, 0.25) is 0 Å². The summed E-state index contributed by atoms with van der Waals surface area (Å²) in [7, 11) is 0. The zero-order valence-corrected chi connectivity index (χ0v) is 13.1. The first-order valence-corrected chi connectivity index (χ1v) is 7.61. The van der Waals surface area contributed by atoms with E-state index in [1.54, 1.807) is 11.3 Å². The van der Waals surface area contributed by atoms with Crippen LogP contribution in [0.15, 0.2) is 0 Å². The summed E-state index contributed by atoms with van der Waals surface area (Å²) >= 11 is 1.64. The Hall–Kier alpha value is -0.610. The predicted molar refractivity (Wildman–Crippen MR) is 79.5 cm³/mol. The second-order valence-corrected chi connectivity index (χ2v) is 6.73. The molecule has 1 heterocycles. The monoisotopic (exact) mass is 270 g/mol. The van der Waals surface area contributed by atoms with Gasteiger partial charge in [-0.05, 0) is 12.8 Å². The van der Waals surface area contributed by atoms with E-state index in [1.165, 1.54) is 0 Å². The molecule has 0 saturated heterocycles. The Bertz CT molecular complexity index is 362. The minimum Gasteiger partial charge on any atom is -0.391 e. The molecule has 0 bridgehead atoms. The highest BCUT2D eigenvalue weighted by atomic mass is 32.1. The van der Waals surface area contributed by atoms with Crippen LogP contribution in [-0.4, -0.2) is 23.2 Å². The third-order valence-electron chi connectivity index (χ3n) is 2.80. The predicted octanol–water partition coefficient (Wildman–Crippen LogP) is 3.56. The van der Waals surface area contributed by atoms with Gasteiger partial charge in [0.25, 0.3) is 0 Å². The van der Waals surface area contributed by atoms with Crippen LogP contribution in [0, 0.1) is 0 Å². The van der Waals surface area contributed by atoms with E-state index in [0.29, 0.717) is 0 Å². The van der Waals surface area contributed by atoms with E-state index in [1.807, 2.05) is 0 Å². The molecule has 18 heavy (non-hydrogen) atoms. The van der Waals surface area contributed by atoms with Gasteiger partial charge in [-0.3, -0.25) is 0 Å². The molecule has 0 atom stereocenters. The zero-order chi connectivity index (χ0) is 13.8. The van der Waals surface area contributed by atoms with Gasteiger partial charge in [0, 0.05) is 18.5 Å². The number of hydrogen-bond acceptors (Lipinski definition) is 4. The maximum absolute atomic E-state index is 9.49. The van der Waals surface area contributed by atoms with E-state index < -0.39 is 0 Å². The van der Waals surface area contributed by atoms with Crippen LogP contribution in [0.5, 0.6) is 0 Å². The Morgan fingerprint density at radius 2 is 1.72 bits per heavy atom. The number of aliphatic hydroxyl groups excluding tert-OH is 1. The van der Waals surface area contributed by atoms with Gasteiger partial charge in [0.1, 0.15) is 0 Å². The molecular formula is C14H26N2OS. The fraction of sp³-hybridized carbons (Fsp3) is 0.786. The first-order valence-electron chi connectivity index (χ1n) is 6.80. The first kappa shape index (κ1) is 15.4. The minimum atomic E-state index is -0.00306. The fourth-order valence-electron chi connectivity index (χ4n) is 2.01. The van der Waals surface area contributed by atoms with Gasteiger partial charge < -0.3 is 10.0 Å². The highest BCUT2D eigenvalue weighted by Crippen LogP contribution is 2.34. The molecule has 0 unspecified atom stereocenters. The van der Waals surface area contributed by atoms with Gasteiger partial charge >= 0.3 is 0 Å². The molecule has 0 spiro atoms. The molecule has 0 aliphatic carbocycles. The lowest BCUT2D eigenvalue weighted by molar-refractivity contribution is 0.282. The Labute approximate surface area is 115 Å². The third-order valence-corrected chi connectivity index (χ3v) is 3.90. The normalized spacial score (nSPS) is 11.9. The molecule has 3 nitrogen and oxygen atoms in total. The van der Waals surface area contributed by atoms with E-state index in [0.717, 1.165) is 41.6 Å². The molecule has 0 aliphatic rings. The number of rotatable bonds is 6. The summed E-state index contributed by atoms with van der Waals surface area (Å²) < 4.78 is 0. The number of nitrogens with zero attached hydrogens (tertiary/aromatic N) is 2. The summed E-state index contributed by atoms with van der Waals surface area (Å²) in [5, 5.41) is 10.6. The van der Waals surface area contributed by atoms with E-state index in [-0.39, 0.29) is 12.0 Å². The van der Waals surface area contributed by atoms with Gasteiger partial charge in [0.05, 0.1) is 17.2 Å². The lowest BCUT2D eigenvalue weighted by atomic mass is 9.91. The quantitative estimate of drug-likeness (QED) is 0.858. The molecule has 1 aromatic heterocycles. The molecule has 0 aliphatic heterocycles. The van der Waals surface area contributed by atoms with Gasteiger partial charge in [-0.2, -0.15) is 0 Å². The van der Waals surface area contributed by atoms with Crippen molar-refractivity contribution in [3.8, 4) is 0 Å². The number of aliphatic hydroxyl groups is 1. The lowest BCUT2D eigenvalue weighted by Gasteiger charge is -2.21. The van der Waals surface area contributed by atoms with Crippen molar-refractivity contribution >= 4 is 16.5 Å². The Kier molecular flexibility index (Phi) is 5.60. The molecule has 0 saturated carbocycles. The van der Waals surface area contributed by atoms with E-state index in [9.17, 15) is 5.11 Å². The smallest absolute Gasteiger partial charge is 0.185 e. The van der Waals surface area contributed by atoms with Crippen LogP contribution in [0.2, 0.25) is 0 Å². The highest BCUT2D eigenvalue weighted by Gasteiger charge is 2.24. The van der Waals surface area contributed by atoms with Crippen LogP contribution in [0.3, 0.4) is 0 Å². The van der Waals surface area contributed by atoms with Crippen LogP contribution in [0.4, 0.5) is 5.13 Å². The summed E-state index contributed by atoms with van der Waals surface area (Å²) in [6.07, 6.45) is 2.25. The molecule has 1 aromatic rings. The number of thiazole rings is 1. The van der Waals surface area contributed by atoms with Crippen molar-refractivity contribution in [2.45, 2.75) is 59.5 Å². The lowest BCUT2D eigenvalue weighted by Crippen LogP contribution is -2.25. The van der Waals surface area contributed by atoms with Crippen molar-refractivity contribution in [3.63, 3.8) is 0 Å². The standard InChI is InChI=1S/C14H26N2OS/c1-6-8-16(9-7-2)13-15-12(14(3,4)5)11(10-17)18-13/h17H,6-10H2,1-5H3. The second-order valence-electron chi connectivity index (χ2n) is 5.66. The SMILES string of the molecule is CCCN(CCC)c1nc(C(C)(C)C)c(CO)s1. The molecule has 4 heteroatoms. The summed E-state index contributed by atoms with van der Waals surface area (Å²) in [4.78, 5) is 8.12. The average Bonchev–Trinajstić information content (AvgIpc) is 2.72. The Balaban J connectivity index is 3.05. The van der Waals surface area contributed by atoms with Crippen molar-refractivity contribution in [1.29, 1.82) is 0 Å². The van der Waals surface area contributed by atoms with E-state index in [2.05, 4.69) is 39.5 Å². The topological polar surface area (TPSA) is 36.4 Å². The average molecular weight is 270 g/mol. The van der Waals surface area contributed by atoms with Gasteiger partial charge in [-0.15, -0.1) is 0 Å². The zero-order valence-electron chi connectivity index (χ0n) is 12.3. The summed E-state index contributed by atoms with van der Waals surface area (Å²) in [6, 6.07) is 0. The number of anilines is 1. The highest BCUT2D eigenvalue weighted by molar-refractivity contribution is 7.15. The van der Waals surface area contributed by atoms with Crippen LogP contribution < -0.4 is 4.90 Å². The van der Waals surface area contributed by atoms with Crippen molar-refractivity contribution in [3.05, 3.63) is 10.6 Å². The fourth-order valence-corrected chi connectivity index (χ4v) is 3.19. The van der Waals surface area contributed by atoms with Crippen molar-refractivity contribution < 1.29 is 5.11 Å². The van der Waals surface area contributed by atoms with Gasteiger partial charge in [-0.25, -0.2) is 4.98 Å². The first-order chi connectivity index (χ1) is 8.43. The molecule has 0 fully saturated rings. The van der Waals surface area contributed by atoms with Crippen molar-refractivity contribution in [2.75, 3.05) is 18.0 Å². The van der Waals surface area contributed by atoms with Crippen LogP contribution in [0.25, 0.3) is 0 Å². The van der Waals surface area contributed by atoms with Crippen LogP contribution >= 0.6 is 11.3 Å². The Morgan fingerprint density at radius 3 is 2.06 bits per heavy atom. The largest absolute Gasteiger partial charge is 0.391 e.